The molecule has 0 aliphatic carbocycles. The van der Waals surface area contributed by atoms with Gasteiger partial charge >= 0.3 is 5.97 Å². The number of benzene rings is 1. The molecule has 0 radical (unpaired) electrons. The Balaban J connectivity index is 2.67. The van der Waals surface area contributed by atoms with Gasteiger partial charge in [-0.15, -0.1) is 6.58 Å². The maximum atomic E-state index is 11.0. The number of hydrogen-bond donors (Lipinski definition) is 1. The molecule has 1 aromatic carbocycles. The van der Waals surface area contributed by atoms with Crippen molar-refractivity contribution in [1.29, 1.82) is 0 Å². The molecule has 0 aliphatic rings. The molecule has 15 heavy (non-hydrogen) atoms. The van der Waals surface area contributed by atoms with E-state index in [9.17, 15) is 4.79 Å². The van der Waals surface area contributed by atoms with Crippen molar-refractivity contribution in [3.8, 4) is 0 Å². The minimum atomic E-state index is -0.748. The van der Waals surface area contributed by atoms with Crippen LogP contribution >= 0.6 is 0 Å². The largest absolute Gasteiger partial charge is 0.481 e. The van der Waals surface area contributed by atoms with Gasteiger partial charge in [-0.2, -0.15) is 0 Å². The van der Waals surface area contributed by atoms with E-state index < -0.39 is 5.97 Å². The number of allylic oxidation sites excluding steroid dienone is 1. The monoisotopic (exact) mass is 204 g/mol. The maximum Gasteiger partial charge on any atom is 0.307 e. The molecule has 0 fully saturated rings. The lowest BCUT2D eigenvalue weighted by Crippen LogP contribution is -2.16. The molecule has 80 valence electrons. The molecule has 0 heterocycles. The molecule has 0 unspecified atom stereocenters. The lowest BCUT2D eigenvalue weighted by Gasteiger charge is -2.11. The summed E-state index contributed by atoms with van der Waals surface area (Å²) in [5.41, 5.74) is 1.98. The third-order valence-electron chi connectivity index (χ3n) is 2.27. The normalized spacial score (nSPS) is 12.1. The van der Waals surface area contributed by atoms with E-state index in [-0.39, 0.29) is 5.92 Å². The lowest BCUT2D eigenvalue weighted by molar-refractivity contribution is -0.141. The zero-order valence-electron chi connectivity index (χ0n) is 8.94. The fraction of sp³-hybridized carbons (Fsp3) is 0.308. The fourth-order valence-corrected chi connectivity index (χ4v) is 1.57. The van der Waals surface area contributed by atoms with Gasteiger partial charge in [0.2, 0.25) is 0 Å². The van der Waals surface area contributed by atoms with E-state index >= 15 is 0 Å². The minimum Gasteiger partial charge on any atom is -0.481 e. The number of hydrogen-bond acceptors (Lipinski definition) is 1. The van der Waals surface area contributed by atoms with Gasteiger partial charge in [-0.25, -0.2) is 0 Å². The summed E-state index contributed by atoms with van der Waals surface area (Å²) in [5.74, 6) is -1.10. The molecule has 0 aromatic heterocycles. The van der Waals surface area contributed by atoms with Gasteiger partial charge in [0, 0.05) is 0 Å². The molecule has 0 aliphatic heterocycles. The first-order chi connectivity index (χ1) is 7.09. The average molecular weight is 204 g/mol. The second-order valence-electron chi connectivity index (χ2n) is 3.89. The highest BCUT2D eigenvalue weighted by atomic mass is 16.4. The van der Waals surface area contributed by atoms with Gasteiger partial charge in [0.25, 0.3) is 0 Å². The van der Waals surface area contributed by atoms with Crippen LogP contribution in [0.25, 0.3) is 0 Å². The Bertz CT molecular complexity index is 341. The van der Waals surface area contributed by atoms with E-state index in [1.165, 1.54) is 0 Å². The van der Waals surface area contributed by atoms with Gasteiger partial charge in [0.1, 0.15) is 0 Å². The summed E-state index contributed by atoms with van der Waals surface area (Å²) >= 11 is 0. The highest BCUT2D eigenvalue weighted by Gasteiger charge is 2.17. The van der Waals surface area contributed by atoms with Crippen LogP contribution in [-0.2, 0) is 11.2 Å². The Morgan fingerprint density at radius 1 is 1.40 bits per heavy atom. The Labute approximate surface area is 90.3 Å². The molecule has 0 saturated heterocycles. The van der Waals surface area contributed by atoms with Crippen LogP contribution in [0, 0.1) is 5.92 Å². The van der Waals surface area contributed by atoms with Crippen LogP contribution in [0.15, 0.2) is 42.5 Å². The first-order valence-corrected chi connectivity index (χ1v) is 5.00. The van der Waals surface area contributed by atoms with Crippen LogP contribution in [0.4, 0.5) is 0 Å². The van der Waals surface area contributed by atoms with Gasteiger partial charge in [0.15, 0.2) is 0 Å². The van der Waals surface area contributed by atoms with Crippen molar-refractivity contribution in [1.82, 2.24) is 0 Å². The molecular weight excluding hydrogens is 188 g/mol. The topological polar surface area (TPSA) is 37.3 Å². The Morgan fingerprint density at radius 2 is 2.00 bits per heavy atom. The van der Waals surface area contributed by atoms with E-state index in [0.29, 0.717) is 12.8 Å². The third kappa shape index (κ3) is 3.98. The Hall–Kier alpha value is -1.57. The van der Waals surface area contributed by atoms with Crippen LogP contribution in [0.2, 0.25) is 0 Å². The van der Waals surface area contributed by atoms with Gasteiger partial charge in [-0.05, 0) is 25.3 Å². The highest BCUT2D eigenvalue weighted by molar-refractivity contribution is 5.70. The van der Waals surface area contributed by atoms with Crippen LogP contribution < -0.4 is 0 Å². The zero-order valence-corrected chi connectivity index (χ0v) is 8.94. The van der Waals surface area contributed by atoms with Crippen molar-refractivity contribution in [3.63, 3.8) is 0 Å². The quantitative estimate of drug-likeness (QED) is 0.749. The summed E-state index contributed by atoms with van der Waals surface area (Å²) in [6.45, 7) is 5.62. The van der Waals surface area contributed by atoms with Crippen molar-refractivity contribution >= 4 is 5.97 Å². The van der Waals surface area contributed by atoms with Crippen molar-refractivity contribution < 1.29 is 9.90 Å². The first kappa shape index (κ1) is 11.5. The van der Waals surface area contributed by atoms with Crippen molar-refractivity contribution in [2.45, 2.75) is 19.8 Å². The summed E-state index contributed by atoms with van der Waals surface area (Å²) < 4.78 is 0. The van der Waals surface area contributed by atoms with Crippen LogP contribution in [0.1, 0.15) is 18.9 Å². The minimum absolute atomic E-state index is 0.357. The molecule has 0 bridgehead atoms. The van der Waals surface area contributed by atoms with E-state index in [0.717, 1.165) is 11.1 Å². The summed E-state index contributed by atoms with van der Waals surface area (Å²) in [6, 6.07) is 9.69. The summed E-state index contributed by atoms with van der Waals surface area (Å²) in [6.07, 6.45) is 1.12. The van der Waals surface area contributed by atoms with Gasteiger partial charge in [-0.3, -0.25) is 4.79 Å². The second kappa shape index (κ2) is 5.35. The number of carboxylic acid groups (broad SMARTS) is 1. The van der Waals surface area contributed by atoms with E-state index in [1.807, 2.05) is 37.3 Å². The van der Waals surface area contributed by atoms with Crippen LogP contribution in [0.3, 0.4) is 0 Å². The van der Waals surface area contributed by atoms with E-state index in [1.54, 1.807) is 0 Å². The second-order valence-corrected chi connectivity index (χ2v) is 3.89. The molecule has 0 amide bonds. The maximum absolute atomic E-state index is 11.0. The zero-order chi connectivity index (χ0) is 11.3. The molecular formula is C13H16O2. The first-order valence-electron chi connectivity index (χ1n) is 5.00. The molecule has 1 N–H and O–H groups in total. The molecule has 1 atom stereocenters. The van der Waals surface area contributed by atoms with Gasteiger partial charge in [-0.1, -0.05) is 35.9 Å². The van der Waals surface area contributed by atoms with E-state index in [2.05, 4.69) is 6.58 Å². The van der Waals surface area contributed by atoms with E-state index in [4.69, 9.17) is 5.11 Å². The average Bonchev–Trinajstić information content (AvgIpc) is 2.17. The third-order valence-corrected chi connectivity index (χ3v) is 2.27. The van der Waals surface area contributed by atoms with Crippen molar-refractivity contribution in [2.75, 3.05) is 0 Å². The number of rotatable bonds is 5. The number of carboxylic acids is 1. The molecule has 2 nitrogen and oxygen atoms in total. The predicted molar refractivity (Wildman–Crippen MR) is 60.7 cm³/mol. The summed E-state index contributed by atoms with van der Waals surface area (Å²) in [4.78, 5) is 11.0. The molecule has 1 rings (SSSR count). The summed E-state index contributed by atoms with van der Waals surface area (Å²) in [7, 11) is 0. The fourth-order valence-electron chi connectivity index (χ4n) is 1.57. The smallest absolute Gasteiger partial charge is 0.307 e. The van der Waals surface area contributed by atoms with Crippen molar-refractivity contribution in [3.05, 3.63) is 48.0 Å². The molecule has 2 heteroatoms. The predicted octanol–water partition coefficient (Wildman–Crippen LogP) is 2.90. The molecule has 0 spiro atoms. The van der Waals surface area contributed by atoms with Gasteiger partial charge in [0.05, 0.1) is 5.92 Å². The highest BCUT2D eigenvalue weighted by Crippen LogP contribution is 2.16. The van der Waals surface area contributed by atoms with Crippen LogP contribution in [-0.4, -0.2) is 11.1 Å². The Morgan fingerprint density at radius 3 is 2.47 bits per heavy atom. The lowest BCUT2D eigenvalue weighted by atomic mass is 9.94. The number of carbonyl (C=O) groups is 1. The molecule has 1 aromatic rings. The summed E-state index contributed by atoms with van der Waals surface area (Å²) in [5, 5.41) is 9.04. The molecule has 0 saturated carbocycles. The number of aliphatic carboxylic acids is 1. The van der Waals surface area contributed by atoms with Crippen molar-refractivity contribution in [2.24, 2.45) is 5.92 Å². The standard InChI is InChI=1S/C13H16O2/c1-10(2)8-12(13(14)15)9-11-6-4-3-5-7-11/h3-7,12H,1,8-9H2,2H3,(H,14,15)/t12-/m1/s1. The Kier molecular flexibility index (Phi) is 4.10. The SMILES string of the molecule is C=C(C)C[C@H](Cc1ccccc1)C(=O)O. The van der Waals surface area contributed by atoms with Gasteiger partial charge < -0.3 is 5.11 Å². The van der Waals surface area contributed by atoms with Crippen LogP contribution in [0.5, 0.6) is 0 Å².